The third-order valence-corrected chi connectivity index (χ3v) is 2.95. The van der Waals surface area contributed by atoms with Gasteiger partial charge in [0.15, 0.2) is 0 Å². The van der Waals surface area contributed by atoms with Crippen molar-refractivity contribution in [1.82, 2.24) is 9.97 Å². The maximum absolute atomic E-state index is 13.4. The first-order chi connectivity index (χ1) is 7.75. The molecule has 2 aromatic rings. The van der Waals surface area contributed by atoms with Crippen molar-refractivity contribution >= 4 is 17.4 Å². The molecule has 0 aliphatic carbocycles. The van der Waals surface area contributed by atoms with E-state index < -0.39 is 0 Å². The fourth-order valence-corrected chi connectivity index (χ4v) is 2.00. The van der Waals surface area contributed by atoms with E-state index in [1.165, 1.54) is 17.8 Å². The number of nitrogens with two attached hydrogens (primary N) is 1. The summed E-state index contributed by atoms with van der Waals surface area (Å²) >= 11 is 1.44. The van der Waals surface area contributed by atoms with Crippen LogP contribution in [0.4, 0.5) is 10.1 Å². The Kier molecular flexibility index (Phi) is 3.36. The molecular formula is C11H10FN3S. The van der Waals surface area contributed by atoms with Crippen LogP contribution < -0.4 is 5.73 Å². The summed E-state index contributed by atoms with van der Waals surface area (Å²) in [5.74, 6) is 0.238. The van der Waals surface area contributed by atoms with Gasteiger partial charge in [-0.2, -0.15) is 0 Å². The molecule has 0 aliphatic heterocycles. The Morgan fingerprint density at radius 1 is 1.31 bits per heavy atom. The minimum Gasteiger partial charge on any atom is -0.399 e. The van der Waals surface area contributed by atoms with Crippen LogP contribution in [0.5, 0.6) is 0 Å². The Labute approximate surface area is 96.9 Å². The zero-order chi connectivity index (χ0) is 11.4. The van der Waals surface area contributed by atoms with Crippen LogP contribution in [0.15, 0.2) is 41.8 Å². The van der Waals surface area contributed by atoms with E-state index in [4.69, 9.17) is 5.73 Å². The van der Waals surface area contributed by atoms with Crippen molar-refractivity contribution in [1.29, 1.82) is 0 Å². The summed E-state index contributed by atoms with van der Waals surface area (Å²) in [6, 6.07) is 4.70. The van der Waals surface area contributed by atoms with Crippen molar-refractivity contribution < 1.29 is 4.39 Å². The molecule has 3 nitrogen and oxygen atoms in total. The highest BCUT2D eigenvalue weighted by molar-refractivity contribution is 7.98. The van der Waals surface area contributed by atoms with Crippen molar-refractivity contribution in [3.63, 3.8) is 0 Å². The highest BCUT2D eigenvalue weighted by Crippen LogP contribution is 2.22. The summed E-state index contributed by atoms with van der Waals surface area (Å²) in [7, 11) is 0. The SMILES string of the molecule is Nc1ccc(CSc2cnccn2)c(F)c1. The second kappa shape index (κ2) is 4.94. The first-order valence-corrected chi connectivity index (χ1v) is 5.67. The van der Waals surface area contributed by atoms with Gasteiger partial charge in [-0.15, -0.1) is 0 Å². The first-order valence-electron chi connectivity index (χ1n) is 4.68. The lowest BCUT2D eigenvalue weighted by molar-refractivity contribution is 0.618. The van der Waals surface area contributed by atoms with Crippen LogP contribution in [0, 0.1) is 5.82 Å². The Morgan fingerprint density at radius 2 is 2.19 bits per heavy atom. The number of anilines is 1. The molecule has 0 saturated carbocycles. The van der Waals surface area contributed by atoms with Gasteiger partial charge in [0.2, 0.25) is 0 Å². The molecule has 16 heavy (non-hydrogen) atoms. The van der Waals surface area contributed by atoms with Gasteiger partial charge < -0.3 is 5.73 Å². The maximum atomic E-state index is 13.4. The normalized spacial score (nSPS) is 10.3. The molecule has 2 N–H and O–H groups in total. The van der Waals surface area contributed by atoms with E-state index in [2.05, 4.69) is 9.97 Å². The third kappa shape index (κ3) is 2.70. The predicted molar refractivity (Wildman–Crippen MR) is 62.4 cm³/mol. The highest BCUT2D eigenvalue weighted by atomic mass is 32.2. The van der Waals surface area contributed by atoms with Crippen molar-refractivity contribution in [2.75, 3.05) is 5.73 Å². The Bertz CT molecular complexity index is 476. The monoisotopic (exact) mass is 235 g/mol. The molecule has 2 rings (SSSR count). The van der Waals surface area contributed by atoms with Crippen LogP contribution in [-0.2, 0) is 5.75 Å². The maximum Gasteiger partial charge on any atom is 0.129 e. The second-order valence-corrected chi connectivity index (χ2v) is 4.18. The average molecular weight is 235 g/mol. The molecule has 0 radical (unpaired) electrons. The highest BCUT2D eigenvalue weighted by Gasteiger charge is 2.03. The summed E-state index contributed by atoms with van der Waals surface area (Å²) < 4.78 is 13.4. The molecule has 1 heterocycles. The molecule has 0 fully saturated rings. The van der Waals surface area contributed by atoms with E-state index in [1.54, 1.807) is 30.7 Å². The molecule has 0 bridgehead atoms. The molecule has 0 saturated heterocycles. The van der Waals surface area contributed by atoms with Gasteiger partial charge in [0.25, 0.3) is 0 Å². The third-order valence-electron chi connectivity index (χ3n) is 1.99. The molecular weight excluding hydrogens is 225 g/mol. The minimum atomic E-state index is -0.281. The quantitative estimate of drug-likeness (QED) is 0.656. The number of hydrogen-bond acceptors (Lipinski definition) is 4. The smallest absolute Gasteiger partial charge is 0.129 e. The number of halogens is 1. The van der Waals surface area contributed by atoms with E-state index >= 15 is 0 Å². The lowest BCUT2D eigenvalue weighted by atomic mass is 10.2. The van der Waals surface area contributed by atoms with E-state index in [1.807, 2.05) is 0 Å². The van der Waals surface area contributed by atoms with Crippen LogP contribution in [0.1, 0.15) is 5.56 Å². The number of rotatable bonds is 3. The van der Waals surface area contributed by atoms with Crippen molar-refractivity contribution in [2.24, 2.45) is 0 Å². The Morgan fingerprint density at radius 3 is 2.88 bits per heavy atom. The van der Waals surface area contributed by atoms with Gasteiger partial charge >= 0.3 is 0 Å². The zero-order valence-electron chi connectivity index (χ0n) is 8.43. The van der Waals surface area contributed by atoms with Gasteiger partial charge in [-0.25, -0.2) is 9.37 Å². The predicted octanol–water partition coefficient (Wildman–Crippen LogP) is 2.49. The van der Waals surface area contributed by atoms with Gasteiger partial charge in [0, 0.05) is 23.8 Å². The summed E-state index contributed by atoms with van der Waals surface area (Å²) in [4.78, 5) is 8.03. The fourth-order valence-electron chi connectivity index (χ4n) is 1.19. The molecule has 0 amide bonds. The molecule has 0 atom stereocenters. The zero-order valence-corrected chi connectivity index (χ0v) is 9.25. The van der Waals surface area contributed by atoms with E-state index in [9.17, 15) is 4.39 Å². The molecule has 1 aromatic heterocycles. The Hall–Kier alpha value is -1.62. The summed E-state index contributed by atoms with van der Waals surface area (Å²) in [6.45, 7) is 0. The lowest BCUT2D eigenvalue weighted by Gasteiger charge is -2.03. The van der Waals surface area contributed by atoms with Gasteiger partial charge in [0.05, 0.1) is 6.20 Å². The molecule has 1 aromatic carbocycles. The topological polar surface area (TPSA) is 51.8 Å². The van der Waals surface area contributed by atoms with Gasteiger partial charge in [-0.3, -0.25) is 4.98 Å². The summed E-state index contributed by atoms with van der Waals surface area (Å²) in [5.41, 5.74) is 6.52. The number of nitrogen functional groups attached to an aromatic ring is 1. The number of nitrogens with zero attached hydrogens (tertiary/aromatic N) is 2. The average Bonchev–Trinajstić information content (AvgIpc) is 2.29. The lowest BCUT2D eigenvalue weighted by Crippen LogP contribution is -1.92. The van der Waals surface area contributed by atoms with Crippen molar-refractivity contribution in [3.05, 3.63) is 48.2 Å². The van der Waals surface area contributed by atoms with Crippen LogP contribution in [-0.4, -0.2) is 9.97 Å². The molecule has 0 spiro atoms. The van der Waals surface area contributed by atoms with Crippen LogP contribution >= 0.6 is 11.8 Å². The van der Waals surface area contributed by atoms with Gasteiger partial charge in [0.1, 0.15) is 10.8 Å². The van der Waals surface area contributed by atoms with E-state index in [0.29, 0.717) is 17.0 Å². The van der Waals surface area contributed by atoms with Crippen molar-refractivity contribution in [3.8, 4) is 0 Å². The molecule has 5 heteroatoms. The van der Waals surface area contributed by atoms with Crippen LogP contribution in [0.3, 0.4) is 0 Å². The summed E-state index contributed by atoms with van der Waals surface area (Å²) in [6.07, 6.45) is 4.87. The molecule has 0 aliphatic rings. The van der Waals surface area contributed by atoms with E-state index in [0.717, 1.165) is 5.03 Å². The largest absolute Gasteiger partial charge is 0.399 e. The summed E-state index contributed by atoms with van der Waals surface area (Å²) in [5, 5.41) is 0.777. The van der Waals surface area contributed by atoms with E-state index in [-0.39, 0.29) is 5.82 Å². The minimum absolute atomic E-state index is 0.281. The number of hydrogen-bond donors (Lipinski definition) is 1. The molecule has 0 unspecified atom stereocenters. The number of aromatic nitrogens is 2. The molecule has 82 valence electrons. The number of thioether (sulfide) groups is 1. The fraction of sp³-hybridized carbons (Fsp3) is 0.0909. The van der Waals surface area contributed by atoms with Crippen molar-refractivity contribution in [2.45, 2.75) is 10.8 Å². The van der Waals surface area contributed by atoms with Crippen LogP contribution in [0.25, 0.3) is 0 Å². The standard InChI is InChI=1S/C11H10FN3S/c12-10-5-9(13)2-1-8(10)7-16-11-6-14-3-4-15-11/h1-6H,7,13H2. The first kappa shape index (κ1) is 10.9. The van der Waals surface area contributed by atoms with Gasteiger partial charge in [-0.05, 0) is 17.7 Å². The number of benzene rings is 1. The van der Waals surface area contributed by atoms with Crippen LogP contribution in [0.2, 0.25) is 0 Å². The Balaban J connectivity index is 2.05. The second-order valence-electron chi connectivity index (χ2n) is 3.18. The van der Waals surface area contributed by atoms with Gasteiger partial charge in [-0.1, -0.05) is 17.8 Å².